The number of amides is 1. The molecule has 0 spiro atoms. The summed E-state index contributed by atoms with van der Waals surface area (Å²) in [4.78, 5) is 11.7. The van der Waals surface area contributed by atoms with Crippen LogP contribution in [-0.4, -0.2) is 26.7 Å². The van der Waals surface area contributed by atoms with Gasteiger partial charge in [-0.25, -0.2) is 0 Å². The van der Waals surface area contributed by atoms with Crippen molar-refractivity contribution in [2.75, 3.05) is 20.8 Å². The molecule has 0 saturated heterocycles. The van der Waals surface area contributed by atoms with Crippen molar-refractivity contribution in [2.24, 2.45) is 5.73 Å². The highest BCUT2D eigenvalue weighted by Gasteiger charge is 2.06. The van der Waals surface area contributed by atoms with E-state index in [1.54, 1.807) is 14.2 Å². The van der Waals surface area contributed by atoms with Gasteiger partial charge in [-0.15, -0.1) is 0 Å². The number of rotatable bonds is 10. The Hall–Kier alpha value is -1.75. The Kier molecular flexibility index (Phi) is 8.28. The molecule has 0 aromatic heterocycles. The lowest BCUT2D eigenvalue weighted by Gasteiger charge is -2.10. The number of carbonyl (C=O) groups excluding carboxylic acids is 1. The van der Waals surface area contributed by atoms with Gasteiger partial charge in [-0.1, -0.05) is 18.9 Å². The number of hydrogen-bond donors (Lipinski definition) is 2. The van der Waals surface area contributed by atoms with Gasteiger partial charge in [0.2, 0.25) is 5.91 Å². The minimum Gasteiger partial charge on any atom is -0.493 e. The van der Waals surface area contributed by atoms with Crippen molar-refractivity contribution in [3.63, 3.8) is 0 Å². The molecule has 5 heteroatoms. The fourth-order valence-corrected chi connectivity index (χ4v) is 2.06. The highest BCUT2D eigenvalue weighted by molar-refractivity contribution is 5.75. The van der Waals surface area contributed by atoms with E-state index in [-0.39, 0.29) is 5.91 Å². The highest BCUT2D eigenvalue weighted by Crippen LogP contribution is 2.27. The van der Waals surface area contributed by atoms with Gasteiger partial charge in [-0.05, 0) is 37.1 Å². The van der Waals surface area contributed by atoms with Crippen LogP contribution in [0.1, 0.15) is 37.7 Å². The predicted octanol–water partition coefficient (Wildman–Crippen LogP) is 2.23. The fourth-order valence-electron chi connectivity index (χ4n) is 2.06. The van der Waals surface area contributed by atoms with Crippen LogP contribution in [0.3, 0.4) is 0 Å². The molecule has 5 nitrogen and oxygen atoms in total. The molecule has 0 heterocycles. The lowest BCUT2D eigenvalue weighted by atomic mass is 10.1. The van der Waals surface area contributed by atoms with Gasteiger partial charge in [0.1, 0.15) is 0 Å². The van der Waals surface area contributed by atoms with Gasteiger partial charge in [0, 0.05) is 13.0 Å². The van der Waals surface area contributed by atoms with Crippen LogP contribution in [-0.2, 0) is 11.3 Å². The number of methoxy groups -OCH3 is 2. The minimum atomic E-state index is 0.0810. The van der Waals surface area contributed by atoms with Gasteiger partial charge in [-0.3, -0.25) is 4.79 Å². The van der Waals surface area contributed by atoms with Gasteiger partial charge in [0.25, 0.3) is 0 Å². The molecular weight excluding hydrogens is 268 g/mol. The summed E-state index contributed by atoms with van der Waals surface area (Å²) in [7, 11) is 3.20. The molecule has 21 heavy (non-hydrogen) atoms. The normalized spacial score (nSPS) is 10.2. The molecule has 0 aliphatic rings. The summed E-state index contributed by atoms with van der Waals surface area (Å²) in [6.45, 7) is 1.23. The summed E-state index contributed by atoms with van der Waals surface area (Å²) in [6, 6.07) is 5.64. The molecule has 1 amide bonds. The standard InChI is InChI=1S/C16H26N2O3/c1-20-14-9-8-13(11-15(14)21-2)12-18-16(19)7-5-3-4-6-10-17/h8-9,11H,3-7,10,12,17H2,1-2H3,(H,18,19). The maximum Gasteiger partial charge on any atom is 0.220 e. The Morgan fingerprint density at radius 2 is 1.81 bits per heavy atom. The summed E-state index contributed by atoms with van der Waals surface area (Å²) in [5.41, 5.74) is 6.42. The lowest BCUT2D eigenvalue weighted by molar-refractivity contribution is -0.121. The lowest BCUT2D eigenvalue weighted by Crippen LogP contribution is -2.22. The van der Waals surface area contributed by atoms with Crippen LogP contribution in [0.2, 0.25) is 0 Å². The highest BCUT2D eigenvalue weighted by atomic mass is 16.5. The zero-order valence-electron chi connectivity index (χ0n) is 13.0. The molecule has 1 rings (SSSR count). The Morgan fingerprint density at radius 3 is 2.48 bits per heavy atom. The second kappa shape index (κ2) is 10.0. The molecule has 0 aliphatic heterocycles. The number of carbonyl (C=O) groups is 1. The second-order valence-electron chi connectivity index (χ2n) is 4.92. The van der Waals surface area contributed by atoms with Gasteiger partial charge >= 0.3 is 0 Å². The van der Waals surface area contributed by atoms with E-state index >= 15 is 0 Å². The summed E-state index contributed by atoms with van der Waals surface area (Å²) in [5.74, 6) is 1.44. The second-order valence-corrected chi connectivity index (χ2v) is 4.92. The SMILES string of the molecule is COc1ccc(CNC(=O)CCCCCCN)cc1OC. The van der Waals surface area contributed by atoms with Crippen LogP contribution in [0.4, 0.5) is 0 Å². The van der Waals surface area contributed by atoms with Crippen molar-refractivity contribution < 1.29 is 14.3 Å². The molecular formula is C16H26N2O3. The van der Waals surface area contributed by atoms with E-state index in [9.17, 15) is 4.79 Å². The molecule has 1 aromatic carbocycles. The molecule has 0 unspecified atom stereocenters. The van der Waals surface area contributed by atoms with E-state index in [2.05, 4.69) is 5.32 Å². The Morgan fingerprint density at radius 1 is 1.10 bits per heavy atom. The van der Waals surface area contributed by atoms with Crippen molar-refractivity contribution in [3.8, 4) is 11.5 Å². The van der Waals surface area contributed by atoms with E-state index in [0.29, 0.717) is 24.5 Å². The number of nitrogens with two attached hydrogens (primary N) is 1. The molecule has 0 saturated carbocycles. The molecule has 118 valence electrons. The van der Waals surface area contributed by atoms with Gasteiger partial charge in [0.05, 0.1) is 14.2 Å². The fraction of sp³-hybridized carbons (Fsp3) is 0.562. The summed E-state index contributed by atoms with van der Waals surface area (Å²) < 4.78 is 10.4. The molecule has 0 radical (unpaired) electrons. The van der Waals surface area contributed by atoms with Crippen molar-refractivity contribution >= 4 is 5.91 Å². The van der Waals surface area contributed by atoms with Crippen molar-refractivity contribution in [2.45, 2.75) is 38.6 Å². The summed E-state index contributed by atoms with van der Waals surface area (Å²) in [6.07, 6.45) is 4.67. The molecule has 3 N–H and O–H groups in total. The molecule has 0 bridgehead atoms. The third-order valence-corrected chi connectivity index (χ3v) is 3.30. The number of hydrogen-bond acceptors (Lipinski definition) is 4. The first-order valence-electron chi connectivity index (χ1n) is 7.39. The third kappa shape index (κ3) is 6.49. The van der Waals surface area contributed by atoms with Crippen LogP contribution < -0.4 is 20.5 Å². The van der Waals surface area contributed by atoms with Gasteiger partial charge in [-0.2, -0.15) is 0 Å². The monoisotopic (exact) mass is 294 g/mol. The number of ether oxygens (including phenoxy) is 2. The van der Waals surface area contributed by atoms with Crippen LogP contribution in [0.15, 0.2) is 18.2 Å². The first-order valence-corrected chi connectivity index (χ1v) is 7.39. The van der Waals surface area contributed by atoms with E-state index < -0.39 is 0 Å². The molecule has 0 fully saturated rings. The molecule has 0 aliphatic carbocycles. The van der Waals surface area contributed by atoms with Crippen molar-refractivity contribution in [1.29, 1.82) is 0 Å². The van der Waals surface area contributed by atoms with Crippen molar-refractivity contribution in [1.82, 2.24) is 5.32 Å². The van der Waals surface area contributed by atoms with E-state index in [1.807, 2.05) is 18.2 Å². The van der Waals surface area contributed by atoms with E-state index in [0.717, 1.165) is 37.8 Å². The maximum absolute atomic E-state index is 11.7. The van der Waals surface area contributed by atoms with Gasteiger partial charge < -0.3 is 20.5 Å². The minimum absolute atomic E-state index is 0.0810. The smallest absolute Gasteiger partial charge is 0.220 e. The zero-order valence-corrected chi connectivity index (χ0v) is 13.0. The van der Waals surface area contributed by atoms with Crippen molar-refractivity contribution in [3.05, 3.63) is 23.8 Å². The maximum atomic E-state index is 11.7. The number of unbranched alkanes of at least 4 members (excludes halogenated alkanes) is 3. The zero-order chi connectivity index (χ0) is 15.5. The van der Waals surface area contributed by atoms with Crippen LogP contribution in [0.5, 0.6) is 11.5 Å². The average molecular weight is 294 g/mol. The molecule has 0 atom stereocenters. The topological polar surface area (TPSA) is 73.6 Å². The Balaban J connectivity index is 2.32. The van der Waals surface area contributed by atoms with Crippen LogP contribution in [0.25, 0.3) is 0 Å². The van der Waals surface area contributed by atoms with Gasteiger partial charge in [0.15, 0.2) is 11.5 Å². The first-order chi connectivity index (χ1) is 10.2. The number of nitrogens with one attached hydrogen (secondary N) is 1. The third-order valence-electron chi connectivity index (χ3n) is 3.30. The van der Waals surface area contributed by atoms with E-state index in [4.69, 9.17) is 15.2 Å². The Bertz CT molecular complexity index is 436. The largest absolute Gasteiger partial charge is 0.493 e. The quantitative estimate of drug-likeness (QED) is 0.649. The van der Waals surface area contributed by atoms with E-state index in [1.165, 1.54) is 0 Å². The predicted molar refractivity (Wildman–Crippen MR) is 83.5 cm³/mol. The van der Waals surface area contributed by atoms with Crippen LogP contribution in [0, 0.1) is 0 Å². The first kappa shape index (κ1) is 17.3. The van der Waals surface area contributed by atoms with Crippen LogP contribution >= 0.6 is 0 Å². The average Bonchev–Trinajstić information content (AvgIpc) is 2.52. The Labute approximate surface area is 126 Å². The number of benzene rings is 1. The summed E-state index contributed by atoms with van der Waals surface area (Å²) >= 11 is 0. The summed E-state index contributed by atoms with van der Waals surface area (Å²) in [5, 5.41) is 2.92. The molecule has 1 aromatic rings.